The zero-order valence-corrected chi connectivity index (χ0v) is 19.7. The Morgan fingerprint density at radius 1 is 1.03 bits per heavy atom. The maximum absolute atomic E-state index is 12.7. The Bertz CT molecular complexity index is 956. The zero-order chi connectivity index (χ0) is 23.3. The van der Waals surface area contributed by atoms with Crippen LogP contribution in [0.25, 0.3) is 0 Å². The van der Waals surface area contributed by atoms with Gasteiger partial charge in [0.25, 0.3) is 0 Å². The second-order valence-corrected chi connectivity index (χ2v) is 10.0. The fourth-order valence-electron chi connectivity index (χ4n) is 4.56. The largest absolute Gasteiger partial charge is 0.443 e. The Hall–Kier alpha value is -3.02. The van der Waals surface area contributed by atoms with Crippen molar-refractivity contribution in [2.75, 3.05) is 18.4 Å². The number of carbonyl (C=O) groups is 2. The molecular formula is C27H35N3O3. The smallest absolute Gasteiger partial charge is 0.410 e. The maximum atomic E-state index is 12.7. The van der Waals surface area contributed by atoms with E-state index < -0.39 is 5.60 Å². The number of nitrogens with zero attached hydrogens (tertiary/aromatic N) is 1. The summed E-state index contributed by atoms with van der Waals surface area (Å²) >= 11 is 0. The molecule has 1 saturated heterocycles. The van der Waals surface area contributed by atoms with Gasteiger partial charge in [-0.3, -0.25) is 0 Å². The molecule has 1 aliphatic carbocycles. The summed E-state index contributed by atoms with van der Waals surface area (Å²) in [6, 6.07) is 17.8. The van der Waals surface area contributed by atoms with E-state index >= 15 is 0 Å². The number of nitrogens with one attached hydrogen (secondary N) is 2. The van der Waals surface area contributed by atoms with E-state index in [-0.39, 0.29) is 18.2 Å². The highest BCUT2D eigenvalue weighted by Gasteiger charge is 2.35. The predicted octanol–water partition coefficient (Wildman–Crippen LogP) is 5.58. The van der Waals surface area contributed by atoms with Gasteiger partial charge in [-0.2, -0.15) is 0 Å². The Morgan fingerprint density at radius 3 is 2.55 bits per heavy atom. The quantitative estimate of drug-likeness (QED) is 0.580. The lowest BCUT2D eigenvalue weighted by Crippen LogP contribution is -2.51. The minimum absolute atomic E-state index is 0.0923. The molecule has 2 aliphatic rings. The molecule has 2 N–H and O–H groups in total. The molecule has 0 spiro atoms. The number of urea groups is 1. The molecule has 1 aliphatic heterocycles. The summed E-state index contributed by atoms with van der Waals surface area (Å²) in [7, 11) is 0. The lowest BCUT2D eigenvalue weighted by atomic mass is 10.0. The van der Waals surface area contributed by atoms with Gasteiger partial charge < -0.3 is 20.3 Å². The number of rotatable bonds is 7. The van der Waals surface area contributed by atoms with Crippen molar-refractivity contribution in [2.24, 2.45) is 5.92 Å². The van der Waals surface area contributed by atoms with Crippen LogP contribution < -0.4 is 10.6 Å². The number of amides is 3. The standard InChI is InChI=1S/C27H35N3O3/c1-27(2,18-21-13-14-21)33-26(32)30-15-7-12-24(19-30)29-25(31)28-23-11-6-10-22(17-23)16-20-8-4-3-5-9-20/h3-6,8-11,17,21,24H,7,12-16,18-19H2,1-2H3,(H2,28,29,31). The molecule has 0 radical (unpaired) electrons. The van der Waals surface area contributed by atoms with Gasteiger partial charge in [0.1, 0.15) is 5.60 Å². The molecule has 1 heterocycles. The van der Waals surface area contributed by atoms with Gasteiger partial charge in [0, 0.05) is 24.8 Å². The van der Waals surface area contributed by atoms with E-state index in [9.17, 15) is 9.59 Å². The van der Waals surface area contributed by atoms with Gasteiger partial charge in [-0.25, -0.2) is 9.59 Å². The average molecular weight is 450 g/mol. The van der Waals surface area contributed by atoms with Crippen molar-refractivity contribution in [1.82, 2.24) is 10.2 Å². The molecule has 1 atom stereocenters. The van der Waals surface area contributed by atoms with Crippen LogP contribution in [0.3, 0.4) is 0 Å². The van der Waals surface area contributed by atoms with Crippen LogP contribution in [0.5, 0.6) is 0 Å². The first-order valence-electron chi connectivity index (χ1n) is 12.0. The Kier molecular flexibility index (Phi) is 7.21. The fraction of sp³-hybridized carbons (Fsp3) is 0.481. The SMILES string of the molecule is CC(C)(CC1CC1)OC(=O)N1CCCC(NC(=O)Nc2cccc(Cc3ccccc3)c2)C1. The average Bonchev–Trinajstić information content (AvgIpc) is 3.57. The van der Waals surface area contributed by atoms with E-state index in [1.54, 1.807) is 4.90 Å². The molecule has 0 bridgehead atoms. The minimum Gasteiger partial charge on any atom is -0.443 e. The second kappa shape index (κ2) is 10.3. The van der Waals surface area contributed by atoms with Crippen LogP contribution in [0.4, 0.5) is 15.3 Å². The van der Waals surface area contributed by atoms with E-state index in [0.29, 0.717) is 19.0 Å². The van der Waals surface area contributed by atoms with Crippen LogP contribution >= 0.6 is 0 Å². The number of anilines is 1. The number of ether oxygens (including phenoxy) is 1. The van der Waals surface area contributed by atoms with Crippen molar-refractivity contribution >= 4 is 17.8 Å². The number of hydrogen-bond acceptors (Lipinski definition) is 3. The number of hydrogen-bond donors (Lipinski definition) is 2. The summed E-state index contributed by atoms with van der Waals surface area (Å²) in [5, 5.41) is 5.97. The van der Waals surface area contributed by atoms with Crippen LogP contribution in [0.15, 0.2) is 54.6 Å². The van der Waals surface area contributed by atoms with E-state index in [0.717, 1.165) is 36.9 Å². The first-order valence-corrected chi connectivity index (χ1v) is 12.0. The predicted molar refractivity (Wildman–Crippen MR) is 130 cm³/mol. The second-order valence-electron chi connectivity index (χ2n) is 10.0. The summed E-state index contributed by atoms with van der Waals surface area (Å²) < 4.78 is 5.80. The van der Waals surface area contributed by atoms with Gasteiger partial charge in [-0.05, 0) is 68.7 Å². The van der Waals surface area contributed by atoms with Crippen molar-refractivity contribution in [3.05, 3.63) is 65.7 Å². The number of benzene rings is 2. The van der Waals surface area contributed by atoms with Crippen molar-refractivity contribution < 1.29 is 14.3 Å². The molecular weight excluding hydrogens is 414 g/mol. The first-order chi connectivity index (χ1) is 15.9. The highest BCUT2D eigenvalue weighted by atomic mass is 16.6. The molecule has 4 rings (SSSR count). The van der Waals surface area contributed by atoms with E-state index in [4.69, 9.17) is 4.74 Å². The molecule has 3 amide bonds. The van der Waals surface area contributed by atoms with Crippen LogP contribution in [-0.4, -0.2) is 41.8 Å². The van der Waals surface area contributed by atoms with Crippen LogP contribution in [-0.2, 0) is 11.2 Å². The van der Waals surface area contributed by atoms with Gasteiger partial charge in [0.2, 0.25) is 0 Å². The van der Waals surface area contributed by atoms with Crippen LogP contribution in [0, 0.1) is 5.92 Å². The van der Waals surface area contributed by atoms with Gasteiger partial charge in [0.05, 0.1) is 0 Å². The monoisotopic (exact) mass is 449 g/mol. The Morgan fingerprint density at radius 2 is 1.79 bits per heavy atom. The molecule has 6 nitrogen and oxygen atoms in total. The molecule has 2 fully saturated rings. The zero-order valence-electron chi connectivity index (χ0n) is 19.7. The Balaban J connectivity index is 1.27. The molecule has 33 heavy (non-hydrogen) atoms. The number of carbonyl (C=O) groups excluding carboxylic acids is 2. The normalized spacial score (nSPS) is 18.5. The molecule has 2 aromatic rings. The highest BCUT2D eigenvalue weighted by Crippen LogP contribution is 2.38. The third-order valence-electron chi connectivity index (χ3n) is 6.29. The van der Waals surface area contributed by atoms with Crippen molar-refractivity contribution in [3.63, 3.8) is 0 Å². The molecule has 1 saturated carbocycles. The van der Waals surface area contributed by atoms with Gasteiger partial charge >= 0.3 is 12.1 Å². The van der Waals surface area contributed by atoms with Gasteiger partial charge in [0.15, 0.2) is 0 Å². The van der Waals surface area contributed by atoms with Crippen molar-refractivity contribution in [1.29, 1.82) is 0 Å². The summed E-state index contributed by atoms with van der Waals surface area (Å²) in [5.41, 5.74) is 2.68. The summed E-state index contributed by atoms with van der Waals surface area (Å²) in [6.07, 6.45) is 5.62. The van der Waals surface area contributed by atoms with Gasteiger partial charge in [-0.15, -0.1) is 0 Å². The third-order valence-corrected chi connectivity index (χ3v) is 6.29. The van der Waals surface area contributed by atoms with E-state index in [1.807, 2.05) is 50.2 Å². The fourth-order valence-corrected chi connectivity index (χ4v) is 4.56. The van der Waals surface area contributed by atoms with Crippen LogP contribution in [0.1, 0.15) is 57.1 Å². The lowest BCUT2D eigenvalue weighted by Gasteiger charge is -2.35. The van der Waals surface area contributed by atoms with E-state index in [2.05, 4.69) is 28.8 Å². The molecule has 6 heteroatoms. The van der Waals surface area contributed by atoms with E-state index in [1.165, 1.54) is 18.4 Å². The molecule has 1 unspecified atom stereocenters. The molecule has 0 aromatic heterocycles. The van der Waals surface area contributed by atoms with Crippen molar-refractivity contribution in [2.45, 2.75) is 64.0 Å². The topological polar surface area (TPSA) is 70.7 Å². The molecule has 2 aromatic carbocycles. The lowest BCUT2D eigenvalue weighted by molar-refractivity contribution is 0.000627. The van der Waals surface area contributed by atoms with Crippen LogP contribution in [0.2, 0.25) is 0 Å². The maximum Gasteiger partial charge on any atom is 0.410 e. The van der Waals surface area contributed by atoms with Gasteiger partial charge in [-0.1, -0.05) is 55.3 Å². The summed E-state index contributed by atoms with van der Waals surface area (Å²) in [6.45, 7) is 5.12. The molecule has 176 valence electrons. The Labute approximate surface area is 196 Å². The summed E-state index contributed by atoms with van der Waals surface area (Å²) in [4.78, 5) is 27.1. The third kappa shape index (κ3) is 7.24. The minimum atomic E-state index is -0.444. The highest BCUT2D eigenvalue weighted by molar-refractivity contribution is 5.89. The number of likely N-dealkylation sites (tertiary alicyclic amines) is 1. The van der Waals surface area contributed by atoms with Crippen molar-refractivity contribution in [3.8, 4) is 0 Å². The number of piperidine rings is 1. The first kappa shape index (κ1) is 23.1. The summed E-state index contributed by atoms with van der Waals surface area (Å²) in [5.74, 6) is 0.693.